The molecule has 2 atom stereocenters. The summed E-state index contributed by atoms with van der Waals surface area (Å²) >= 11 is 1.75. The number of anilines is 1. The van der Waals surface area contributed by atoms with Gasteiger partial charge in [-0.25, -0.2) is 12.8 Å². The summed E-state index contributed by atoms with van der Waals surface area (Å²) in [6, 6.07) is 2.27. The molecule has 2 rings (SSSR count). The quantitative estimate of drug-likeness (QED) is 0.849. The zero-order chi connectivity index (χ0) is 15.1. The summed E-state index contributed by atoms with van der Waals surface area (Å²) in [5, 5.41) is 0.214. The molecule has 1 heterocycles. The Labute approximate surface area is 123 Å². The van der Waals surface area contributed by atoms with Crippen LogP contribution in [0.25, 0.3) is 0 Å². The van der Waals surface area contributed by atoms with Crippen LogP contribution in [0.1, 0.15) is 19.4 Å². The molecule has 0 spiro atoms. The van der Waals surface area contributed by atoms with Gasteiger partial charge in [0.2, 0.25) is 10.0 Å². The number of nitrogens with two attached hydrogens (primary N) is 1. The fourth-order valence-electron chi connectivity index (χ4n) is 2.20. The number of thioether (sulfide) groups is 1. The molecule has 0 aromatic heterocycles. The van der Waals surface area contributed by atoms with Gasteiger partial charge in [-0.05, 0) is 26.0 Å². The van der Waals surface area contributed by atoms with Crippen LogP contribution in [0, 0.1) is 12.7 Å². The van der Waals surface area contributed by atoms with Crippen LogP contribution in [-0.4, -0.2) is 36.3 Å². The molecule has 2 N–H and O–H groups in total. The predicted octanol–water partition coefficient (Wildman–Crippen LogP) is 2.23. The Hall–Kier alpha value is -0.790. The molecule has 7 heteroatoms. The SMILES string of the molecule is Cc1c(N)cc(S(=O)(=O)N2CCSC(C)C2C)cc1F. The first-order chi connectivity index (χ1) is 9.25. The first kappa shape index (κ1) is 15.6. The molecule has 1 aromatic rings. The number of hydrogen-bond donors (Lipinski definition) is 1. The lowest BCUT2D eigenvalue weighted by atomic mass is 10.2. The van der Waals surface area contributed by atoms with Crippen molar-refractivity contribution in [1.82, 2.24) is 4.31 Å². The van der Waals surface area contributed by atoms with Crippen molar-refractivity contribution in [3.05, 3.63) is 23.5 Å². The Kier molecular flexibility index (Phi) is 4.32. The van der Waals surface area contributed by atoms with Crippen LogP contribution < -0.4 is 5.73 Å². The van der Waals surface area contributed by atoms with E-state index in [1.54, 1.807) is 11.8 Å². The summed E-state index contributed by atoms with van der Waals surface area (Å²) in [5.74, 6) is 0.157. The van der Waals surface area contributed by atoms with Gasteiger partial charge in [-0.1, -0.05) is 6.92 Å². The van der Waals surface area contributed by atoms with E-state index in [4.69, 9.17) is 5.73 Å². The first-order valence-electron chi connectivity index (χ1n) is 6.44. The van der Waals surface area contributed by atoms with Crippen LogP contribution in [0.3, 0.4) is 0 Å². The van der Waals surface area contributed by atoms with Crippen LogP contribution >= 0.6 is 11.8 Å². The van der Waals surface area contributed by atoms with E-state index >= 15 is 0 Å². The highest BCUT2D eigenvalue weighted by atomic mass is 32.2. The lowest BCUT2D eigenvalue weighted by Gasteiger charge is -2.36. The van der Waals surface area contributed by atoms with Gasteiger partial charge in [0.25, 0.3) is 0 Å². The minimum absolute atomic E-state index is 0.0657. The summed E-state index contributed by atoms with van der Waals surface area (Å²) < 4.78 is 40.5. The normalized spacial score (nSPS) is 24.8. The molecule has 1 aliphatic heterocycles. The van der Waals surface area contributed by atoms with Gasteiger partial charge in [0.15, 0.2) is 0 Å². The van der Waals surface area contributed by atoms with E-state index in [0.717, 1.165) is 11.8 Å². The van der Waals surface area contributed by atoms with E-state index in [1.165, 1.54) is 17.3 Å². The topological polar surface area (TPSA) is 63.4 Å². The highest BCUT2D eigenvalue weighted by Crippen LogP contribution is 2.31. The summed E-state index contributed by atoms with van der Waals surface area (Å²) in [7, 11) is -3.71. The molecular weight excluding hydrogens is 299 g/mol. The van der Waals surface area contributed by atoms with Gasteiger partial charge < -0.3 is 5.73 Å². The standard InChI is InChI=1S/C13H19FN2O2S2/c1-8-12(14)6-11(7-13(8)15)20(17,18)16-4-5-19-10(3)9(16)2/h6-7,9-10H,4-5,15H2,1-3H3. The molecule has 0 bridgehead atoms. The van der Waals surface area contributed by atoms with Crippen molar-refractivity contribution in [3.63, 3.8) is 0 Å². The van der Waals surface area contributed by atoms with Gasteiger partial charge >= 0.3 is 0 Å². The highest BCUT2D eigenvalue weighted by molar-refractivity contribution is 8.00. The average molecular weight is 318 g/mol. The Bertz CT molecular complexity index is 596. The number of halogens is 1. The maximum Gasteiger partial charge on any atom is 0.243 e. The number of sulfonamides is 1. The van der Waals surface area contributed by atoms with E-state index in [1.807, 2.05) is 13.8 Å². The van der Waals surface area contributed by atoms with Crippen molar-refractivity contribution in [2.24, 2.45) is 0 Å². The van der Waals surface area contributed by atoms with Gasteiger partial charge in [0.1, 0.15) is 5.82 Å². The maximum atomic E-state index is 13.7. The second-order valence-electron chi connectivity index (χ2n) is 5.05. The number of nitrogen functional groups attached to an aromatic ring is 1. The molecule has 1 aliphatic rings. The van der Waals surface area contributed by atoms with Crippen molar-refractivity contribution in [3.8, 4) is 0 Å². The summed E-state index contributed by atoms with van der Waals surface area (Å²) in [6.45, 7) is 5.85. The number of rotatable bonds is 2. The Morgan fingerprint density at radius 3 is 2.65 bits per heavy atom. The summed E-state index contributed by atoms with van der Waals surface area (Å²) in [6.07, 6.45) is 0. The molecule has 1 fully saturated rings. The Morgan fingerprint density at radius 2 is 2.05 bits per heavy atom. The molecule has 1 saturated heterocycles. The molecule has 112 valence electrons. The third-order valence-electron chi connectivity index (χ3n) is 3.79. The van der Waals surface area contributed by atoms with Crippen molar-refractivity contribution >= 4 is 27.5 Å². The molecule has 0 saturated carbocycles. The molecule has 0 amide bonds. The van der Waals surface area contributed by atoms with Crippen molar-refractivity contribution in [1.29, 1.82) is 0 Å². The Balaban J connectivity index is 2.45. The number of hydrogen-bond acceptors (Lipinski definition) is 4. The smallest absolute Gasteiger partial charge is 0.243 e. The molecule has 20 heavy (non-hydrogen) atoms. The van der Waals surface area contributed by atoms with Crippen molar-refractivity contribution < 1.29 is 12.8 Å². The minimum atomic E-state index is -3.71. The Morgan fingerprint density at radius 1 is 1.40 bits per heavy atom. The fraction of sp³-hybridized carbons (Fsp3) is 0.538. The second-order valence-corrected chi connectivity index (χ2v) is 8.43. The third kappa shape index (κ3) is 2.66. The predicted molar refractivity (Wildman–Crippen MR) is 80.8 cm³/mol. The van der Waals surface area contributed by atoms with Crippen LogP contribution in [-0.2, 0) is 10.0 Å². The fourth-order valence-corrected chi connectivity index (χ4v) is 5.25. The maximum absolute atomic E-state index is 13.7. The molecule has 4 nitrogen and oxygen atoms in total. The second kappa shape index (κ2) is 5.54. The molecule has 0 aliphatic carbocycles. The summed E-state index contributed by atoms with van der Waals surface area (Å²) in [4.78, 5) is -0.0657. The van der Waals surface area contributed by atoms with Gasteiger partial charge in [-0.3, -0.25) is 0 Å². The zero-order valence-electron chi connectivity index (χ0n) is 11.8. The third-order valence-corrected chi connectivity index (χ3v) is 7.09. The van der Waals surface area contributed by atoms with E-state index in [9.17, 15) is 12.8 Å². The van der Waals surface area contributed by atoms with Crippen molar-refractivity contribution in [2.75, 3.05) is 18.0 Å². The number of benzene rings is 1. The van der Waals surface area contributed by atoms with E-state index in [0.29, 0.717) is 6.54 Å². The minimum Gasteiger partial charge on any atom is -0.398 e. The van der Waals surface area contributed by atoms with Gasteiger partial charge in [-0.2, -0.15) is 16.1 Å². The average Bonchev–Trinajstić information content (AvgIpc) is 2.38. The molecule has 1 aromatic carbocycles. The van der Waals surface area contributed by atoms with Crippen LogP contribution in [0.5, 0.6) is 0 Å². The largest absolute Gasteiger partial charge is 0.398 e. The molecule has 0 radical (unpaired) electrons. The highest BCUT2D eigenvalue weighted by Gasteiger charge is 2.35. The van der Waals surface area contributed by atoms with Crippen LogP contribution in [0.4, 0.5) is 10.1 Å². The van der Waals surface area contributed by atoms with E-state index in [2.05, 4.69) is 0 Å². The van der Waals surface area contributed by atoms with Crippen LogP contribution in [0.2, 0.25) is 0 Å². The van der Waals surface area contributed by atoms with Gasteiger partial charge in [-0.15, -0.1) is 0 Å². The van der Waals surface area contributed by atoms with E-state index in [-0.39, 0.29) is 27.4 Å². The lowest BCUT2D eigenvalue weighted by molar-refractivity contribution is 0.340. The van der Waals surface area contributed by atoms with Crippen LogP contribution in [0.15, 0.2) is 17.0 Å². The molecule has 2 unspecified atom stereocenters. The molecular formula is C13H19FN2O2S2. The van der Waals surface area contributed by atoms with Gasteiger partial charge in [0.05, 0.1) is 4.90 Å². The zero-order valence-corrected chi connectivity index (χ0v) is 13.4. The lowest BCUT2D eigenvalue weighted by Crippen LogP contribution is -2.47. The monoisotopic (exact) mass is 318 g/mol. The summed E-state index contributed by atoms with van der Waals surface area (Å²) in [5.41, 5.74) is 6.12. The first-order valence-corrected chi connectivity index (χ1v) is 8.93. The van der Waals surface area contributed by atoms with Crippen molar-refractivity contribution in [2.45, 2.75) is 37.0 Å². The van der Waals surface area contributed by atoms with E-state index < -0.39 is 15.8 Å². The van der Waals surface area contributed by atoms with Gasteiger partial charge in [0, 0.05) is 34.8 Å². The number of nitrogens with zero attached hydrogens (tertiary/aromatic N) is 1.